The molecule has 0 aliphatic heterocycles. The summed E-state index contributed by atoms with van der Waals surface area (Å²) in [6, 6.07) is 0.431. The van der Waals surface area contributed by atoms with Crippen molar-refractivity contribution in [2.24, 2.45) is 0 Å². The highest BCUT2D eigenvalue weighted by Gasteiger charge is 2.33. The molecular formula is C12H18F3N3O. The van der Waals surface area contributed by atoms with Crippen LogP contribution in [0.15, 0.2) is 12.4 Å². The second-order valence-electron chi connectivity index (χ2n) is 5.38. The summed E-state index contributed by atoms with van der Waals surface area (Å²) in [6.45, 7) is 2.17. The Hall–Kier alpha value is -1.08. The van der Waals surface area contributed by atoms with Crippen LogP contribution in [0.1, 0.15) is 31.7 Å². The van der Waals surface area contributed by atoms with Crippen LogP contribution in [0, 0.1) is 0 Å². The topological polar surface area (TPSA) is 50.1 Å². The van der Waals surface area contributed by atoms with Gasteiger partial charge >= 0.3 is 6.18 Å². The fraction of sp³-hybridized carbons (Fsp3) is 0.750. The van der Waals surface area contributed by atoms with Crippen molar-refractivity contribution in [2.75, 3.05) is 6.61 Å². The molecule has 1 saturated carbocycles. The van der Waals surface area contributed by atoms with Crippen LogP contribution in [0.2, 0.25) is 0 Å². The van der Waals surface area contributed by atoms with E-state index in [2.05, 4.69) is 10.4 Å². The van der Waals surface area contributed by atoms with E-state index in [0.717, 1.165) is 25.2 Å². The van der Waals surface area contributed by atoms with E-state index in [1.807, 2.05) is 6.92 Å². The maximum Gasteiger partial charge on any atom is 0.419 e. The van der Waals surface area contributed by atoms with Crippen LogP contribution in [0.3, 0.4) is 0 Å². The number of rotatable bonds is 6. The van der Waals surface area contributed by atoms with Gasteiger partial charge in [-0.25, -0.2) is 0 Å². The third-order valence-electron chi connectivity index (χ3n) is 3.33. The van der Waals surface area contributed by atoms with Crippen LogP contribution in [-0.2, 0) is 12.7 Å². The quantitative estimate of drug-likeness (QED) is 0.833. The van der Waals surface area contributed by atoms with Gasteiger partial charge in [-0.3, -0.25) is 4.68 Å². The molecule has 2 N–H and O–H groups in total. The van der Waals surface area contributed by atoms with Crippen LogP contribution in [0.5, 0.6) is 0 Å². The predicted molar refractivity (Wildman–Crippen MR) is 63.5 cm³/mol. The highest BCUT2D eigenvalue weighted by molar-refractivity contribution is 5.08. The Morgan fingerprint density at radius 2 is 2.16 bits per heavy atom. The summed E-state index contributed by atoms with van der Waals surface area (Å²) in [4.78, 5) is 0. The van der Waals surface area contributed by atoms with Gasteiger partial charge in [0.05, 0.1) is 18.4 Å². The Morgan fingerprint density at radius 3 is 2.63 bits per heavy atom. The molecule has 1 aliphatic rings. The summed E-state index contributed by atoms with van der Waals surface area (Å²) in [5.74, 6) is 0. The lowest BCUT2D eigenvalue weighted by Crippen LogP contribution is -2.47. The van der Waals surface area contributed by atoms with Gasteiger partial charge in [-0.2, -0.15) is 18.3 Å². The number of hydrogen-bond donors (Lipinski definition) is 2. The third-order valence-corrected chi connectivity index (χ3v) is 3.33. The molecule has 7 heteroatoms. The molecule has 0 aromatic carbocycles. The Kier molecular flexibility index (Phi) is 3.87. The Bertz CT molecular complexity index is 428. The zero-order chi connectivity index (χ0) is 14.1. The summed E-state index contributed by atoms with van der Waals surface area (Å²) in [5.41, 5.74) is -1.21. The molecular weight excluding hydrogens is 259 g/mol. The lowest BCUT2D eigenvalue weighted by molar-refractivity contribution is -0.137. The van der Waals surface area contributed by atoms with Crippen molar-refractivity contribution in [3.05, 3.63) is 18.0 Å². The van der Waals surface area contributed by atoms with Crippen molar-refractivity contribution in [3.63, 3.8) is 0 Å². The second kappa shape index (κ2) is 5.13. The first-order valence-corrected chi connectivity index (χ1v) is 6.31. The summed E-state index contributed by atoms with van der Waals surface area (Å²) < 4.78 is 38.5. The average Bonchev–Trinajstić information content (AvgIpc) is 2.99. The highest BCUT2D eigenvalue weighted by atomic mass is 19.4. The number of nitrogens with zero attached hydrogens (tertiary/aromatic N) is 2. The summed E-state index contributed by atoms with van der Waals surface area (Å²) >= 11 is 0. The van der Waals surface area contributed by atoms with Gasteiger partial charge in [0, 0.05) is 24.3 Å². The largest absolute Gasteiger partial charge is 0.419 e. The molecule has 1 aromatic rings. The summed E-state index contributed by atoms with van der Waals surface area (Å²) in [5, 5.41) is 16.4. The van der Waals surface area contributed by atoms with Crippen molar-refractivity contribution >= 4 is 0 Å². The fourth-order valence-electron chi connectivity index (χ4n) is 1.91. The van der Waals surface area contributed by atoms with Gasteiger partial charge in [-0.05, 0) is 26.2 Å². The van der Waals surface area contributed by atoms with Crippen molar-refractivity contribution in [1.82, 2.24) is 15.1 Å². The van der Waals surface area contributed by atoms with Crippen molar-refractivity contribution in [3.8, 4) is 0 Å². The van der Waals surface area contributed by atoms with E-state index in [-0.39, 0.29) is 6.61 Å². The highest BCUT2D eigenvalue weighted by Crippen LogP contribution is 2.29. The normalized spacial score (nSPS) is 19.4. The summed E-state index contributed by atoms with van der Waals surface area (Å²) in [6.07, 6.45) is 0.175. The lowest BCUT2D eigenvalue weighted by Gasteiger charge is -2.29. The van der Waals surface area contributed by atoms with Crippen molar-refractivity contribution in [2.45, 2.75) is 50.5 Å². The first-order chi connectivity index (χ1) is 8.82. The zero-order valence-electron chi connectivity index (χ0n) is 10.7. The van der Waals surface area contributed by atoms with Crippen LogP contribution < -0.4 is 5.32 Å². The number of aliphatic hydroxyl groups is 1. The summed E-state index contributed by atoms with van der Waals surface area (Å²) in [7, 11) is 0. The van der Waals surface area contributed by atoms with Crippen molar-refractivity contribution < 1.29 is 18.3 Å². The molecule has 0 spiro atoms. The second-order valence-corrected chi connectivity index (χ2v) is 5.38. The number of aromatic nitrogens is 2. The molecule has 1 aliphatic carbocycles. The third kappa shape index (κ3) is 3.94. The minimum absolute atomic E-state index is 0.0447. The molecule has 1 unspecified atom stereocenters. The van der Waals surface area contributed by atoms with E-state index in [1.165, 1.54) is 4.68 Å². The van der Waals surface area contributed by atoms with E-state index in [0.29, 0.717) is 19.0 Å². The molecule has 0 bridgehead atoms. The maximum atomic E-state index is 12.4. The van der Waals surface area contributed by atoms with Gasteiger partial charge in [-0.1, -0.05) is 0 Å². The number of hydrogen-bond acceptors (Lipinski definition) is 3. The SMILES string of the molecule is CC(CO)(CCn1cc(C(F)(F)F)cn1)NC1CC1. The zero-order valence-corrected chi connectivity index (χ0v) is 10.7. The molecule has 0 amide bonds. The molecule has 1 aromatic heterocycles. The van der Waals surface area contributed by atoms with E-state index >= 15 is 0 Å². The van der Waals surface area contributed by atoms with Gasteiger partial charge in [0.2, 0.25) is 0 Å². The van der Waals surface area contributed by atoms with E-state index in [4.69, 9.17) is 0 Å². The standard InChI is InChI=1S/C12H18F3N3O/c1-11(8-19,17-10-2-3-10)4-5-18-7-9(6-16-18)12(13,14)15/h6-7,10,17,19H,2-5,8H2,1H3. The first kappa shape index (κ1) is 14.3. The number of halogens is 3. The molecule has 1 fully saturated rings. The van der Waals surface area contributed by atoms with Crippen LogP contribution in [-0.4, -0.2) is 33.1 Å². The molecule has 0 saturated heterocycles. The van der Waals surface area contributed by atoms with E-state index in [1.54, 1.807) is 0 Å². The smallest absolute Gasteiger partial charge is 0.394 e. The van der Waals surface area contributed by atoms with Gasteiger partial charge in [0.15, 0.2) is 0 Å². The van der Waals surface area contributed by atoms with Crippen LogP contribution in [0.25, 0.3) is 0 Å². The van der Waals surface area contributed by atoms with Gasteiger partial charge < -0.3 is 10.4 Å². The minimum atomic E-state index is -4.36. The Morgan fingerprint density at radius 1 is 1.47 bits per heavy atom. The Balaban J connectivity index is 1.91. The van der Waals surface area contributed by atoms with E-state index < -0.39 is 17.3 Å². The molecule has 2 rings (SSSR count). The number of nitrogens with one attached hydrogen (secondary N) is 1. The van der Waals surface area contributed by atoms with Gasteiger partial charge in [0.1, 0.15) is 0 Å². The Labute approximate surface area is 109 Å². The first-order valence-electron chi connectivity index (χ1n) is 6.31. The maximum absolute atomic E-state index is 12.4. The van der Waals surface area contributed by atoms with Crippen LogP contribution >= 0.6 is 0 Å². The number of alkyl halides is 3. The monoisotopic (exact) mass is 277 g/mol. The van der Waals surface area contributed by atoms with Gasteiger partial charge in [-0.15, -0.1) is 0 Å². The molecule has 19 heavy (non-hydrogen) atoms. The van der Waals surface area contributed by atoms with E-state index in [9.17, 15) is 18.3 Å². The van der Waals surface area contributed by atoms with Gasteiger partial charge in [0.25, 0.3) is 0 Å². The molecule has 1 atom stereocenters. The fourth-order valence-corrected chi connectivity index (χ4v) is 1.91. The number of aryl methyl sites for hydroxylation is 1. The number of aliphatic hydroxyl groups excluding tert-OH is 1. The molecule has 108 valence electrons. The lowest BCUT2D eigenvalue weighted by atomic mass is 9.99. The molecule has 1 heterocycles. The average molecular weight is 277 g/mol. The molecule has 4 nitrogen and oxygen atoms in total. The van der Waals surface area contributed by atoms with Crippen molar-refractivity contribution in [1.29, 1.82) is 0 Å². The molecule has 0 radical (unpaired) electrons. The van der Waals surface area contributed by atoms with Crippen LogP contribution in [0.4, 0.5) is 13.2 Å². The minimum Gasteiger partial charge on any atom is -0.394 e. The predicted octanol–water partition coefficient (Wildman–Crippen LogP) is 1.80.